The van der Waals surface area contributed by atoms with E-state index in [0.29, 0.717) is 0 Å². The van der Waals surface area contributed by atoms with Gasteiger partial charge >= 0.3 is 25.0 Å². The van der Waals surface area contributed by atoms with Gasteiger partial charge in [-0.1, -0.05) is 0 Å². The molecular weight excluding hydrogens is 316 g/mol. The minimum atomic E-state index is -3.35. The van der Waals surface area contributed by atoms with Crippen molar-refractivity contribution in [3.05, 3.63) is 0 Å². The maximum atomic E-state index is 8.48. The monoisotopic (exact) mass is 316 g/mol. The maximum absolute atomic E-state index is 8.48. The van der Waals surface area contributed by atoms with Crippen molar-refractivity contribution in [2.24, 2.45) is 0 Å². The summed E-state index contributed by atoms with van der Waals surface area (Å²) in [6, 6.07) is 0. The summed E-state index contributed by atoms with van der Waals surface area (Å²) in [4.78, 5) is 0. The molecule has 0 fully saturated rings. The molecule has 0 aliphatic heterocycles. The molecule has 0 atom stereocenters. The van der Waals surface area contributed by atoms with Crippen molar-refractivity contribution in [3.8, 4) is 0 Å². The van der Waals surface area contributed by atoms with Gasteiger partial charge in [0.15, 0.2) is 0 Å². The van der Waals surface area contributed by atoms with Crippen LogP contribution in [0.15, 0.2) is 0 Å². The van der Waals surface area contributed by atoms with E-state index < -0.39 is 13.4 Å². The van der Waals surface area contributed by atoms with E-state index in [4.69, 9.17) is 11.6 Å². The Labute approximate surface area is 51.2 Å². The Balaban J connectivity index is 0. The normalized spacial score (nSPS) is 6.60. The third kappa shape index (κ3) is 59.8. The number of hydrogen-bond donors (Lipinski definition) is 0. The van der Waals surface area contributed by atoms with Gasteiger partial charge in [-0.05, 0) is 0 Å². The summed E-state index contributed by atoms with van der Waals surface area (Å²) in [6.45, 7) is 0. The van der Waals surface area contributed by atoms with Crippen LogP contribution in [0, 0.1) is 0 Å². The SMILES string of the molecule is [Bi].[O]=[Co](=[O])=[O]. The quantitative estimate of drug-likeness (QED) is 0.553. The fourth-order valence-corrected chi connectivity index (χ4v) is 0. The zero-order valence-electron chi connectivity index (χ0n) is 2.01. The van der Waals surface area contributed by atoms with Crippen LogP contribution < -0.4 is 0 Å². The van der Waals surface area contributed by atoms with Crippen LogP contribution >= 0.6 is 0 Å². The summed E-state index contributed by atoms with van der Waals surface area (Å²) in [5, 5.41) is 0. The molecule has 0 aliphatic rings. The molecule has 0 unspecified atom stereocenters. The van der Waals surface area contributed by atoms with Gasteiger partial charge in [-0.25, -0.2) is 0 Å². The summed E-state index contributed by atoms with van der Waals surface area (Å²) >= 11 is -3.35. The molecule has 32 valence electrons. The van der Waals surface area contributed by atoms with Crippen LogP contribution in [0.1, 0.15) is 0 Å². The van der Waals surface area contributed by atoms with E-state index in [1.54, 1.807) is 0 Å². The Bertz CT molecular complexity index is 76.3. The van der Waals surface area contributed by atoms with Crippen LogP contribution in [-0.2, 0) is 25.0 Å². The van der Waals surface area contributed by atoms with Crippen molar-refractivity contribution in [2.45, 2.75) is 0 Å². The van der Waals surface area contributed by atoms with Crippen LogP contribution in [0.2, 0.25) is 0 Å². The van der Waals surface area contributed by atoms with Gasteiger partial charge < -0.3 is 0 Å². The molecule has 0 amide bonds. The Morgan fingerprint density at radius 3 is 1.00 bits per heavy atom. The molecule has 0 aromatic carbocycles. The average Bonchev–Trinajstić information content (AvgIpc) is 0.811. The van der Waals surface area contributed by atoms with E-state index in [1.807, 2.05) is 0 Å². The van der Waals surface area contributed by atoms with Gasteiger partial charge in [-0.3, -0.25) is 0 Å². The predicted octanol–water partition coefficient (Wildman–Crippen LogP) is -0.740. The Kier molecular flexibility index (Phi) is 8.86. The van der Waals surface area contributed by atoms with Crippen molar-refractivity contribution in [3.63, 3.8) is 0 Å². The second-order valence-corrected chi connectivity index (χ2v) is 0.687. The summed E-state index contributed by atoms with van der Waals surface area (Å²) in [5.41, 5.74) is 0. The molecular formula is BiCoO3. The van der Waals surface area contributed by atoms with Gasteiger partial charge in [0, 0.05) is 26.2 Å². The molecule has 0 aromatic heterocycles. The number of rotatable bonds is 0. The van der Waals surface area contributed by atoms with Crippen molar-refractivity contribution in [2.75, 3.05) is 0 Å². The molecule has 0 heterocycles. The summed E-state index contributed by atoms with van der Waals surface area (Å²) < 4.78 is 25.4. The molecule has 0 bridgehead atoms. The van der Waals surface area contributed by atoms with Gasteiger partial charge in [0.05, 0.1) is 0 Å². The molecule has 5 heteroatoms. The molecule has 0 N–H and O–H groups in total. The topological polar surface area (TPSA) is 51.2 Å². The van der Waals surface area contributed by atoms with E-state index in [1.165, 1.54) is 0 Å². The van der Waals surface area contributed by atoms with Crippen LogP contribution in [0.3, 0.4) is 0 Å². The van der Waals surface area contributed by atoms with Gasteiger partial charge in [0.1, 0.15) is 0 Å². The van der Waals surface area contributed by atoms with Crippen LogP contribution in [0.25, 0.3) is 0 Å². The van der Waals surface area contributed by atoms with E-state index in [9.17, 15) is 0 Å². The van der Waals surface area contributed by atoms with Gasteiger partial charge in [0.25, 0.3) is 0 Å². The van der Waals surface area contributed by atoms with E-state index >= 15 is 0 Å². The third-order valence-corrected chi connectivity index (χ3v) is 0. The van der Waals surface area contributed by atoms with Crippen LogP contribution in [0.5, 0.6) is 0 Å². The first-order valence-electron chi connectivity index (χ1n) is 0.408. The molecule has 5 heavy (non-hydrogen) atoms. The molecule has 3 radical (unpaired) electrons. The summed E-state index contributed by atoms with van der Waals surface area (Å²) in [6.07, 6.45) is 0. The van der Waals surface area contributed by atoms with Gasteiger partial charge in [0.2, 0.25) is 0 Å². The van der Waals surface area contributed by atoms with Crippen molar-refractivity contribution in [1.82, 2.24) is 0 Å². The molecule has 0 aromatic rings. The zero-order chi connectivity index (χ0) is 3.58. The molecule has 0 saturated carbocycles. The van der Waals surface area contributed by atoms with E-state index in [-0.39, 0.29) is 26.2 Å². The first-order valence-corrected chi connectivity index (χ1v) is 1.68. The summed E-state index contributed by atoms with van der Waals surface area (Å²) in [7, 11) is 0. The van der Waals surface area contributed by atoms with Crippen molar-refractivity contribution >= 4 is 26.2 Å². The molecule has 3 nitrogen and oxygen atoms in total. The molecule has 0 aliphatic carbocycles. The first kappa shape index (κ1) is 9.25. The standard InChI is InChI=1S/Bi.Co.3O. The molecule has 0 saturated heterocycles. The van der Waals surface area contributed by atoms with Crippen molar-refractivity contribution < 1.29 is 25.0 Å². The third-order valence-electron chi connectivity index (χ3n) is 0. The number of hydrogen-bond acceptors (Lipinski definition) is 3. The van der Waals surface area contributed by atoms with Crippen LogP contribution in [0.4, 0.5) is 0 Å². The Morgan fingerprint density at radius 1 is 1.00 bits per heavy atom. The van der Waals surface area contributed by atoms with Gasteiger partial charge in [-0.15, -0.1) is 0 Å². The van der Waals surface area contributed by atoms with Crippen LogP contribution in [-0.4, -0.2) is 26.2 Å². The van der Waals surface area contributed by atoms with Crippen molar-refractivity contribution in [1.29, 1.82) is 0 Å². The first-order chi connectivity index (χ1) is 1.73. The minimum absolute atomic E-state index is 0. The van der Waals surface area contributed by atoms with E-state index in [2.05, 4.69) is 0 Å². The second kappa shape index (κ2) is 4.79. The molecule has 0 spiro atoms. The Hall–Kier alpha value is 0.790. The average molecular weight is 316 g/mol. The Morgan fingerprint density at radius 2 is 1.00 bits per heavy atom. The predicted molar refractivity (Wildman–Crippen MR) is 7.81 cm³/mol. The van der Waals surface area contributed by atoms with E-state index in [0.717, 1.165) is 0 Å². The summed E-state index contributed by atoms with van der Waals surface area (Å²) in [5.74, 6) is 0. The zero-order valence-corrected chi connectivity index (χ0v) is 6.52. The fourth-order valence-electron chi connectivity index (χ4n) is 0. The molecule has 0 rings (SSSR count). The van der Waals surface area contributed by atoms with Gasteiger partial charge in [-0.2, -0.15) is 0 Å². The fraction of sp³-hybridized carbons (Fsp3) is 0. The second-order valence-electron chi connectivity index (χ2n) is 0.167.